The molecule has 0 amide bonds. The summed E-state index contributed by atoms with van der Waals surface area (Å²) in [5.41, 5.74) is -3.71. The number of hydrogen-bond acceptors (Lipinski definition) is 2. The van der Waals surface area contributed by atoms with Crippen LogP contribution >= 0.6 is 0 Å². The average Bonchev–Trinajstić information content (AvgIpc) is 2.84. The minimum absolute atomic E-state index is 0.108. The zero-order chi connectivity index (χ0) is 30.0. The Bertz CT molecular complexity index is 1160. The van der Waals surface area contributed by atoms with E-state index in [0.29, 0.717) is 36.6 Å². The third-order valence-electron chi connectivity index (χ3n) is 7.63. The largest absolute Gasteiger partial charge is 0.481 e. The minimum atomic E-state index is -4.95. The van der Waals surface area contributed by atoms with Gasteiger partial charge in [0.05, 0.1) is 22.6 Å². The molecule has 1 heterocycles. The fraction of sp³-hybridized carbons (Fsp3) is 0.536. The van der Waals surface area contributed by atoms with Crippen molar-refractivity contribution in [1.29, 1.82) is 0 Å². The van der Waals surface area contributed by atoms with Gasteiger partial charge in [0.1, 0.15) is 0 Å². The van der Waals surface area contributed by atoms with E-state index >= 15 is 0 Å². The van der Waals surface area contributed by atoms with Crippen LogP contribution in [0.5, 0.6) is 0 Å². The molecule has 1 aliphatic heterocycles. The maximum Gasteiger partial charge on any atom is 0.416 e. The molecule has 0 saturated carbocycles. The van der Waals surface area contributed by atoms with E-state index in [2.05, 4.69) is 0 Å². The van der Waals surface area contributed by atoms with Crippen molar-refractivity contribution in [2.45, 2.75) is 83.1 Å². The molecule has 2 aromatic carbocycles. The van der Waals surface area contributed by atoms with Crippen LogP contribution < -0.4 is 0 Å². The Labute approximate surface area is 226 Å². The molecule has 40 heavy (non-hydrogen) atoms. The van der Waals surface area contributed by atoms with E-state index in [9.17, 15) is 49.4 Å². The fourth-order valence-electron chi connectivity index (χ4n) is 5.75. The van der Waals surface area contributed by atoms with Crippen LogP contribution in [-0.2, 0) is 29.9 Å². The molecule has 1 fully saturated rings. The maximum absolute atomic E-state index is 13.9. The molecule has 1 N–H and O–H groups in total. The van der Waals surface area contributed by atoms with Gasteiger partial charge in [0.25, 0.3) is 0 Å². The van der Waals surface area contributed by atoms with Crippen molar-refractivity contribution in [2.24, 2.45) is 11.8 Å². The van der Waals surface area contributed by atoms with E-state index in [4.69, 9.17) is 0 Å². The van der Waals surface area contributed by atoms with E-state index in [1.807, 2.05) is 6.92 Å². The van der Waals surface area contributed by atoms with Crippen LogP contribution in [0.15, 0.2) is 42.5 Å². The number of nitrogens with zero attached hydrogens (tertiary/aromatic N) is 1. The third kappa shape index (κ3) is 7.30. The summed E-state index contributed by atoms with van der Waals surface area (Å²) in [5.74, 6) is -2.29. The predicted octanol–water partition coefficient (Wildman–Crippen LogP) is 8.98. The van der Waals surface area contributed by atoms with Crippen LogP contribution in [0.4, 0.5) is 39.5 Å². The quantitative estimate of drug-likeness (QED) is 0.316. The molecule has 222 valence electrons. The summed E-state index contributed by atoms with van der Waals surface area (Å²) in [6.07, 6.45) is -12.9. The van der Waals surface area contributed by atoms with Gasteiger partial charge in [-0.1, -0.05) is 32.4 Å². The number of aliphatic carboxylic acids is 1. The number of carbonyl (C=O) groups is 1. The highest BCUT2D eigenvalue weighted by molar-refractivity contribution is 5.70. The van der Waals surface area contributed by atoms with Crippen LogP contribution in [0.1, 0.15) is 79.8 Å². The standard InChI is InChI=1S/C28H30F9NO2/c1-3-5-21-13-17(22(4-2)25(39)40)14-24(16-6-8-19(9-7-16)26(29,30)31)38(21)15-18-12-20(27(32,33)34)10-11-23(18)28(35,36)37/h6-12,17,21-22,24H,3-5,13-15H2,1-2H3,(H,39,40). The summed E-state index contributed by atoms with van der Waals surface area (Å²) in [6.45, 7) is 2.95. The number of carboxylic acids is 1. The van der Waals surface area contributed by atoms with Crippen LogP contribution in [-0.4, -0.2) is 22.0 Å². The molecular weight excluding hydrogens is 553 g/mol. The summed E-state index contributed by atoms with van der Waals surface area (Å²) in [7, 11) is 0. The average molecular weight is 584 g/mol. The van der Waals surface area contributed by atoms with Gasteiger partial charge in [0.2, 0.25) is 0 Å². The Hall–Kier alpha value is -2.76. The lowest BCUT2D eigenvalue weighted by Crippen LogP contribution is -2.46. The van der Waals surface area contributed by atoms with Crippen molar-refractivity contribution in [2.75, 3.05) is 0 Å². The van der Waals surface area contributed by atoms with Crippen LogP contribution in [0.3, 0.4) is 0 Å². The first-order chi connectivity index (χ1) is 18.5. The molecule has 0 spiro atoms. The number of benzene rings is 2. The molecule has 4 atom stereocenters. The van der Waals surface area contributed by atoms with Gasteiger partial charge in [0, 0.05) is 18.6 Å². The van der Waals surface area contributed by atoms with Crippen molar-refractivity contribution in [1.82, 2.24) is 4.90 Å². The van der Waals surface area contributed by atoms with Gasteiger partial charge in [-0.2, -0.15) is 39.5 Å². The Kier molecular flexibility index (Phi) is 9.53. The number of piperidine rings is 1. The molecule has 3 nitrogen and oxygen atoms in total. The number of carboxylic acid groups (broad SMARTS) is 1. The monoisotopic (exact) mass is 583 g/mol. The lowest BCUT2D eigenvalue weighted by atomic mass is 9.74. The van der Waals surface area contributed by atoms with Crippen LogP contribution in [0.25, 0.3) is 0 Å². The van der Waals surface area contributed by atoms with Crippen molar-refractivity contribution in [3.8, 4) is 0 Å². The number of likely N-dealkylation sites (tertiary alicyclic amines) is 1. The summed E-state index contributed by atoms with van der Waals surface area (Å²) < 4.78 is 122. The van der Waals surface area contributed by atoms with Gasteiger partial charge >= 0.3 is 24.5 Å². The molecule has 12 heteroatoms. The highest BCUT2D eigenvalue weighted by Crippen LogP contribution is 2.45. The second-order valence-electron chi connectivity index (χ2n) is 10.2. The number of alkyl halides is 9. The first-order valence-electron chi connectivity index (χ1n) is 12.9. The minimum Gasteiger partial charge on any atom is -0.481 e. The zero-order valence-electron chi connectivity index (χ0n) is 21.8. The number of hydrogen-bond donors (Lipinski definition) is 1. The third-order valence-corrected chi connectivity index (χ3v) is 7.63. The molecule has 1 saturated heterocycles. The first-order valence-corrected chi connectivity index (χ1v) is 12.9. The van der Waals surface area contributed by atoms with E-state index < -0.39 is 77.2 Å². The second kappa shape index (κ2) is 12.0. The topological polar surface area (TPSA) is 40.5 Å². The molecule has 0 radical (unpaired) electrons. The lowest BCUT2D eigenvalue weighted by molar-refractivity contribution is -0.146. The Balaban J connectivity index is 2.15. The first kappa shape index (κ1) is 31.8. The number of rotatable bonds is 8. The smallest absolute Gasteiger partial charge is 0.416 e. The summed E-state index contributed by atoms with van der Waals surface area (Å²) in [6, 6.07) is 3.97. The van der Waals surface area contributed by atoms with E-state index in [0.717, 1.165) is 12.1 Å². The molecule has 0 bridgehead atoms. The predicted molar refractivity (Wildman–Crippen MR) is 129 cm³/mol. The highest BCUT2D eigenvalue weighted by Gasteiger charge is 2.43. The fourth-order valence-corrected chi connectivity index (χ4v) is 5.75. The second-order valence-corrected chi connectivity index (χ2v) is 10.2. The van der Waals surface area contributed by atoms with Gasteiger partial charge in [-0.25, -0.2) is 0 Å². The Morgan fingerprint density at radius 3 is 1.93 bits per heavy atom. The van der Waals surface area contributed by atoms with Gasteiger partial charge in [0.15, 0.2) is 0 Å². The normalized spacial score (nSPS) is 21.8. The van der Waals surface area contributed by atoms with Crippen LogP contribution in [0.2, 0.25) is 0 Å². The van der Waals surface area contributed by atoms with E-state index in [1.165, 1.54) is 12.1 Å². The highest BCUT2D eigenvalue weighted by atomic mass is 19.4. The van der Waals surface area contributed by atoms with Gasteiger partial charge in [-0.15, -0.1) is 0 Å². The van der Waals surface area contributed by atoms with Crippen molar-refractivity contribution in [3.05, 3.63) is 70.3 Å². The molecule has 1 aliphatic rings. The molecule has 4 unspecified atom stereocenters. The summed E-state index contributed by atoms with van der Waals surface area (Å²) >= 11 is 0. The molecule has 3 rings (SSSR count). The van der Waals surface area contributed by atoms with Gasteiger partial charge in [-0.3, -0.25) is 9.69 Å². The summed E-state index contributed by atoms with van der Waals surface area (Å²) in [4.78, 5) is 13.6. The molecule has 0 aliphatic carbocycles. The van der Waals surface area contributed by atoms with Gasteiger partial charge in [-0.05, 0) is 73.1 Å². The van der Waals surface area contributed by atoms with Gasteiger partial charge < -0.3 is 5.11 Å². The van der Waals surface area contributed by atoms with E-state index in [-0.39, 0.29) is 19.3 Å². The van der Waals surface area contributed by atoms with Crippen LogP contribution in [0, 0.1) is 11.8 Å². The molecular formula is C28H30F9NO2. The molecule has 2 aromatic rings. The van der Waals surface area contributed by atoms with Crippen molar-refractivity contribution in [3.63, 3.8) is 0 Å². The number of halogens is 9. The van der Waals surface area contributed by atoms with E-state index in [1.54, 1.807) is 11.8 Å². The van der Waals surface area contributed by atoms with Crippen molar-refractivity contribution < 1.29 is 49.4 Å². The Morgan fingerprint density at radius 1 is 0.875 bits per heavy atom. The maximum atomic E-state index is 13.9. The molecule has 0 aromatic heterocycles. The summed E-state index contributed by atoms with van der Waals surface area (Å²) in [5, 5.41) is 9.79. The Morgan fingerprint density at radius 2 is 1.45 bits per heavy atom. The zero-order valence-corrected chi connectivity index (χ0v) is 21.8. The van der Waals surface area contributed by atoms with Crippen molar-refractivity contribution >= 4 is 5.97 Å². The lowest BCUT2D eigenvalue weighted by Gasteiger charge is -2.47. The SMILES string of the molecule is CCCC1CC(C(CC)C(=O)O)CC(c2ccc(C(F)(F)F)cc2)N1Cc1cc(C(F)(F)F)ccc1C(F)(F)F.